The van der Waals surface area contributed by atoms with Gasteiger partial charge in [-0.15, -0.1) is 0 Å². The maximum absolute atomic E-state index is 12.9. The van der Waals surface area contributed by atoms with Gasteiger partial charge in [0.15, 0.2) is 5.13 Å². The molecule has 7 nitrogen and oxygen atoms in total. The van der Waals surface area contributed by atoms with Gasteiger partial charge in [0.25, 0.3) is 11.8 Å². The van der Waals surface area contributed by atoms with Crippen molar-refractivity contribution in [2.45, 2.75) is 51.9 Å². The molecule has 2 aliphatic heterocycles. The van der Waals surface area contributed by atoms with E-state index in [0.717, 1.165) is 29.2 Å². The summed E-state index contributed by atoms with van der Waals surface area (Å²) in [4.78, 5) is 32.5. The molecule has 0 spiro atoms. The van der Waals surface area contributed by atoms with Crippen molar-refractivity contribution in [2.75, 3.05) is 18.5 Å². The van der Waals surface area contributed by atoms with Gasteiger partial charge in [0.1, 0.15) is 11.9 Å². The SMILES string of the molecule is CC(C)Oc1ccc(C(=O)N2CCc3nc(NC(=O)C4CCCO4)sc3C2)cc1. The summed E-state index contributed by atoms with van der Waals surface area (Å²) in [6.45, 7) is 5.69. The summed E-state index contributed by atoms with van der Waals surface area (Å²) in [7, 11) is 0. The van der Waals surface area contributed by atoms with Crippen LogP contribution < -0.4 is 10.1 Å². The molecule has 0 aliphatic carbocycles. The first-order valence-corrected chi connectivity index (χ1v) is 10.8. The Labute approximate surface area is 174 Å². The van der Waals surface area contributed by atoms with Crippen LogP contribution in [-0.4, -0.2) is 47.1 Å². The Morgan fingerprint density at radius 2 is 2.10 bits per heavy atom. The number of hydrogen-bond acceptors (Lipinski definition) is 6. The first kappa shape index (κ1) is 19.8. The first-order valence-electron chi connectivity index (χ1n) is 9.96. The Morgan fingerprint density at radius 1 is 1.31 bits per heavy atom. The van der Waals surface area contributed by atoms with Crippen LogP contribution >= 0.6 is 11.3 Å². The Morgan fingerprint density at radius 3 is 2.79 bits per heavy atom. The number of aromatic nitrogens is 1. The molecule has 1 unspecified atom stereocenters. The molecule has 1 aromatic carbocycles. The predicted octanol–water partition coefficient (Wildman–Crippen LogP) is 3.25. The first-order chi connectivity index (χ1) is 14.0. The number of amides is 2. The molecule has 1 aromatic heterocycles. The van der Waals surface area contributed by atoms with Crippen molar-refractivity contribution in [2.24, 2.45) is 0 Å². The van der Waals surface area contributed by atoms with E-state index < -0.39 is 0 Å². The molecule has 2 amide bonds. The van der Waals surface area contributed by atoms with Crippen molar-refractivity contribution < 1.29 is 19.1 Å². The normalized spacial score (nSPS) is 18.6. The van der Waals surface area contributed by atoms with E-state index in [1.165, 1.54) is 11.3 Å². The summed E-state index contributed by atoms with van der Waals surface area (Å²) >= 11 is 1.44. The second kappa shape index (κ2) is 8.51. The zero-order valence-corrected chi connectivity index (χ0v) is 17.5. The monoisotopic (exact) mass is 415 g/mol. The van der Waals surface area contributed by atoms with Crippen LogP contribution in [0.3, 0.4) is 0 Å². The Balaban J connectivity index is 1.39. The molecule has 0 bridgehead atoms. The largest absolute Gasteiger partial charge is 0.491 e. The van der Waals surface area contributed by atoms with Gasteiger partial charge in [-0.05, 0) is 51.0 Å². The van der Waals surface area contributed by atoms with Crippen LogP contribution in [0.2, 0.25) is 0 Å². The lowest BCUT2D eigenvalue weighted by molar-refractivity contribution is -0.124. The molecule has 1 fully saturated rings. The van der Waals surface area contributed by atoms with Gasteiger partial charge in [-0.1, -0.05) is 11.3 Å². The Hall–Kier alpha value is -2.45. The lowest BCUT2D eigenvalue weighted by atomic mass is 10.1. The zero-order chi connectivity index (χ0) is 20.4. The third-order valence-corrected chi connectivity index (χ3v) is 5.94. The maximum Gasteiger partial charge on any atom is 0.255 e. The Kier molecular flexibility index (Phi) is 5.82. The van der Waals surface area contributed by atoms with Crippen LogP contribution in [0.25, 0.3) is 0 Å². The van der Waals surface area contributed by atoms with Crippen LogP contribution in [-0.2, 0) is 22.5 Å². The second-order valence-electron chi connectivity index (χ2n) is 7.55. The van der Waals surface area contributed by atoms with Crippen LogP contribution in [0.4, 0.5) is 5.13 Å². The van der Waals surface area contributed by atoms with Crippen LogP contribution in [0, 0.1) is 0 Å². The molecule has 29 heavy (non-hydrogen) atoms. The summed E-state index contributed by atoms with van der Waals surface area (Å²) in [6, 6.07) is 7.26. The summed E-state index contributed by atoms with van der Waals surface area (Å²) in [5.41, 5.74) is 1.60. The number of rotatable bonds is 5. The fraction of sp³-hybridized carbons (Fsp3) is 0.476. The van der Waals surface area contributed by atoms with Crippen molar-refractivity contribution >= 4 is 28.3 Å². The van der Waals surface area contributed by atoms with E-state index in [-0.39, 0.29) is 24.0 Å². The van der Waals surface area contributed by atoms with Crippen molar-refractivity contribution in [3.63, 3.8) is 0 Å². The maximum atomic E-state index is 12.9. The van der Waals surface area contributed by atoms with Gasteiger partial charge in [0.05, 0.1) is 18.3 Å². The van der Waals surface area contributed by atoms with Gasteiger partial charge < -0.3 is 14.4 Å². The van der Waals surface area contributed by atoms with Crippen LogP contribution in [0.15, 0.2) is 24.3 Å². The number of thiazole rings is 1. The third-order valence-electron chi connectivity index (χ3n) is 4.94. The molecule has 4 rings (SSSR count). The number of ether oxygens (including phenoxy) is 2. The van der Waals surface area contributed by atoms with Crippen molar-refractivity contribution in [1.82, 2.24) is 9.88 Å². The molecular formula is C21H25N3O4S. The molecule has 8 heteroatoms. The number of carbonyl (C=O) groups is 2. The molecule has 1 saturated heterocycles. The molecule has 154 valence electrons. The van der Waals surface area contributed by atoms with Gasteiger partial charge in [-0.25, -0.2) is 4.98 Å². The van der Waals surface area contributed by atoms with E-state index in [4.69, 9.17) is 9.47 Å². The number of hydrogen-bond donors (Lipinski definition) is 1. The number of nitrogens with zero attached hydrogens (tertiary/aromatic N) is 2. The van der Waals surface area contributed by atoms with E-state index in [0.29, 0.717) is 36.8 Å². The quantitative estimate of drug-likeness (QED) is 0.811. The van der Waals surface area contributed by atoms with Crippen molar-refractivity contribution in [3.8, 4) is 5.75 Å². The van der Waals surface area contributed by atoms with Crippen LogP contribution in [0.1, 0.15) is 47.6 Å². The number of nitrogens with one attached hydrogen (secondary N) is 1. The topological polar surface area (TPSA) is 80.8 Å². The smallest absolute Gasteiger partial charge is 0.255 e. The standard InChI is InChI=1S/C21H25N3O4S/c1-13(2)28-15-7-5-14(6-8-15)20(26)24-10-9-16-18(12-24)29-21(22-16)23-19(25)17-4-3-11-27-17/h5-8,13,17H,3-4,9-12H2,1-2H3,(H,22,23,25). The van der Waals surface area contributed by atoms with Gasteiger partial charge in [0.2, 0.25) is 0 Å². The van der Waals surface area contributed by atoms with Gasteiger partial charge >= 0.3 is 0 Å². The number of carbonyl (C=O) groups excluding carboxylic acids is 2. The molecule has 2 aromatic rings. The highest BCUT2D eigenvalue weighted by molar-refractivity contribution is 7.15. The Bertz CT molecular complexity index is 888. The third kappa shape index (κ3) is 4.59. The van der Waals surface area contributed by atoms with Crippen LogP contribution in [0.5, 0.6) is 5.75 Å². The molecule has 1 N–H and O–H groups in total. The molecule has 0 radical (unpaired) electrons. The summed E-state index contributed by atoms with van der Waals surface area (Å²) in [5, 5.41) is 3.45. The minimum absolute atomic E-state index is 0.00918. The van der Waals surface area contributed by atoms with E-state index in [1.807, 2.05) is 30.9 Å². The van der Waals surface area contributed by atoms with Gasteiger partial charge in [-0.3, -0.25) is 14.9 Å². The minimum Gasteiger partial charge on any atom is -0.491 e. The number of benzene rings is 1. The molecule has 2 aliphatic rings. The summed E-state index contributed by atoms with van der Waals surface area (Å²) in [5.74, 6) is 0.613. The van der Waals surface area contributed by atoms with Gasteiger partial charge in [-0.2, -0.15) is 0 Å². The highest BCUT2D eigenvalue weighted by Gasteiger charge is 2.28. The molecule has 0 saturated carbocycles. The predicted molar refractivity (Wildman–Crippen MR) is 110 cm³/mol. The highest BCUT2D eigenvalue weighted by atomic mass is 32.1. The average molecular weight is 416 g/mol. The highest BCUT2D eigenvalue weighted by Crippen LogP contribution is 2.30. The average Bonchev–Trinajstić information content (AvgIpc) is 3.36. The van der Waals surface area contributed by atoms with E-state index in [2.05, 4.69) is 10.3 Å². The van der Waals surface area contributed by atoms with E-state index >= 15 is 0 Å². The fourth-order valence-corrected chi connectivity index (χ4v) is 4.55. The van der Waals surface area contributed by atoms with Crippen molar-refractivity contribution in [1.29, 1.82) is 0 Å². The summed E-state index contributed by atoms with van der Waals surface area (Å²) < 4.78 is 11.1. The molecule has 1 atom stereocenters. The lowest BCUT2D eigenvalue weighted by Gasteiger charge is -2.26. The molecule has 3 heterocycles. The van der Waals surface area contributed by atoms with E-state index in [9.17, 15) is 9.59 Å². The minimum atomic E-state index is -0.378. The zero-order valence-electron chi connectivity index (χ0n) is 16.6. The number of anilines is 1. The fourth-order valence-electron chi connectivity index (χ4n) is 3.52. The van der Waals surface area contributed by atoms with Gasteiger partial charge in [0, 0.05) is 30.0 Å². The lowest BCUT2D eigenvalue weighted by Crippen LogP contribution is -2.35. The van der Waals surface area contributed by atoms with E-state index in [1.54, 1.807) is 12.1 Å². The molecular weight excluding hydrogens is 390 g/mol. The second-order valence-corrected chi connectivity index (χ2v) is 8.63. The van der Waals surface area contributed by atoms with Crippen molar-refractivity contribution in [3.05, 3.63) is 40.4 Å². The number of fused-ring (bicyclic) bond motifs is 1. The summed E-state index contributed by atoms with van der Waals surface area (Å²) in [6.07, 6.45) is 2.06.